The molecule has 2 bridgehead atoms. The van der Waals surface area contributed by atoms with E-state index in [1.54, 1.807) is 24.5 Å². The van der Waals surface area contributed by atoms with Gasteiger partial charge in [-0.2, -0.15) is 0 Å². The van der Waals surface area contributed by atoms with Gasteiger partial charge in [0.05, 0.1) is 24.5 Å². The van der Waals surface area contributed by atoms with Gasteiger partial charge in [0.15, 0.2) is 0 Å². The number of rotatable bonds is 4. The second-order valence-electron chi connectivity index (χ2n) is 6.89. The number of piperidine rings is 1. The first-order valence-corrected chi connectivity index (χ1v) is 9.03. The molecule has 1 N–H and O–H groups in total. The van der Waals surface area contributed by atoms with E-state index in [1.165, 1.54) is 12.1 Å². The molecule has 4 heterocycles. The molecular formula is C19H22FN5O. The van der Waals surface area contributed by atoms with Crippen molar-refractivity contribution in [2.75, 3.05) is 36.4 Å². The van der Waals surface area contributed by atoms with Gasteiger partial charge in [-0.25, -0.2) is 14.4 Å². The molecule has 2 aromatic rings. The lowest BCUT2D eigenvalue weighted by Gasteiger charge is -2.31. The fourth-order valence-corrected chi connectivity index (χ4v) is 3.68. The molecule has 7 heteroatoms. The summed E-state index contributed by atoms with van der Waals surface area (Å²) >= 11 is 0. The van der Waals surface area contributed by atoms with Crippen molar-refractivity contribution >= 4 is 17.5 Å². The Kier molecular flexibility index (Phi) is 4.79. The van der Waals surface area contributed by atoms with Gasteiger partial charge in [-0.3, -0.25) is 4.79 Å². The number of nitrogens with one attached hydrogen (secondary N) is 1. The van der Waals surface area contributed by atoms with Gasteiger partial charge in [-0.15, -0.1) is 0 Å². The highest BCUT2D eigenvalue weighted by Gasteiger charge is 2.30. The third-order valence-electron chi connectivity index (χ3n) is 5.11. The third kappa shape index (κ3) is 3.83. The largest absolute Gasteiger partial charge is 0.336 e. The van der Waals surface area contributed by atoms with Crippen LogP contribution < -0.4 is 10.2 Å². The zero-order valence-corrected chi connectivity index (χ0v) is 14.6. The summed E-state index contributed by atoms with van der Waals surface area (Å²) in [6.45, 7) is 4.30. The summed E-state index contributed by atoms with van der Waals surface area (Å²) in [6, 6.07) is 6.43. The van der Waals surface area contributed by atoms with E-state index in [2.05, 4.69) is 25.1 Å². The molecule has 6 nitrogen and oxygen atoms in total. The van der Waals surface area contributed by atoms with E-state index in [0.717, 1.165) is 50.5 Å². The van der Waals surface area contributed by atoms with Gasteiger partial charge in [0.25, 0.3) is 0 Å². The third-order valence-corrected chi connectivity index (χ3v) is 5.11. The van der Waals surface area contributed by atoms with Crippen molar-refractivity contribution in [1.29, 1.82) is 0 Å². The number of amides is 1. The molecule has 1 aromatic carbocycles. The van der Waals surface area contributed by atoms with Crippen LogP contribution in [0.25, 0.3) is 0 Å². The van der Waals surface area contributed by atoms with E-state index in [9.17, 15) is 9.18 Å². The van der Waals surface area contributed by atoms with Crippen LogP contribution in [0.3, 0.4) is 0 Å². The van der Waals surface area contributed by atoms with E-state index in [1.807, 2.05) is 0 Å². The lowest BCUT2D eigenvalue weighted by molar-refractivity contribution is -0.115. The first kappa shape index (κ1) is 16.9. The molecule has 0 unspecified atom stereocenters. The van der Waals surface area contributed by atoms with E-state index >= 15 is 0 Å². The van der Waals surface area contributed by atoms with Crippen molar-refractivity contribution in [3.8, 4) is 0 Å². The van der Waals surface area contributed by atoms with E-state index in [4.69, 9.17) is 0 Å². The average molecular weight is 355 g/mol. The highest BCUT2D eigenvalue weighted by molar-refractivity contribution is 5.91. The maximum absolute atomic E-state index is 12.9. The summed E-state index contributed by atoms with van der Waals surface area (Å²) in [5.41, 5.74) is 1.33. The molecule has 1 aromatic heterocycles. The first-order valence-electron chi connectivity index (χ1n) is 9.03. The molecule has 3 saturated heterocycles. The summed E-state index contributed by atoms with van der Waals surface area (Å²) in [7, 11) is 0. The SMILES string of the molecule is O=C(Cc1ccc(F)cc1)Nc1cnc(N2CCN3CCC2CC3)nc1. The van der Waals surface area contributed by atoms with E-state index in [-0.39, 0.29) is 18.1 Å². The molecule has 136 valence electrons. The molecule has 0 saturated carbocycles. The van der Waals surface area contributed by atoms with Gasteiger partial charge >= 0.3 is 0 Å². The van der Waals surface area contributed by atoms with Crippen molar-refractivity contribution in [2.45, 2.75) is 25.3 Å². The second-order valence-corrected chi connectivity index (χ2v) is 6.89. The molecule has 3 aliphatic rings. The molecule has 0 aliphatic carbocycles. The molecule has 0 radical (unpaired) electrons. The van der Waals surface area contributed by atoms with Crippen molar-refractivity contribution in [3.05, 3.63) is 48.0 Å². The monoisotopic (exact) mass is 355 g/mol. The Bertz CT molecular complexity index is 757. The van der Waals surface area contributed by atoms with E-state index < -0.39 is 0 Å². The molecule has 0 atom stereocenters. The van der Waals surface area contributed by atoms with Gasteiger partial charge in [0, 0.05) is 32.2 Å². The number of halogens is 1. The van der Waals surface area contributed by atoms with Gasteiger partial charge in [0.2, 0.25) is 11.9 Å². The van der Waals surface area contributed by atoms with Crippen LogP contribution in [0.15, 0.2) is 36.7 Å². The molecule has 1 amide bonds. The van der Waals surface area contributed by atoms with Crippen molar-refractivity contribution in [1.82, 2.24) is 14.9 Å². The second kappa shape index (κ2) is 7.37. The van der Waals surface area contributed by atoms with Gasteiger partial charge < -0.3 is 15.1 Å². The van der Waals surface area contributed by atoms with E-state index in [0.29, 0.717) is 11.7 Å². The predicted molar refractivity (Wildman–Crippen MR) is 97.6 cm³/mol. The summed E-state index contributed by atoms with van der Waals surface area (Å²) in [6.07, 6.45) is 5.80. The minimum absolute atomic E-state index is 0.172. The first-order chi connectivity index (χ1) is 12.7. The summed E-state index contributed by atoms with van der Waals surface area (Å²) in [4.78, 5) is 25.8. The minimum atomic E-state index is -0.308. The number of nitrogens with zero attached hydrogens (tertiary/aromatic N) is 4. The topological polar surface area (TPSA) is 61.4 Å². The summed E-state index contributed by atoms with van der Waals surface area (Å²) < 4.78 is 12.9. The van der Waals surface area contributed by atoms with Crippen LogP contribution in [0, 0.1) is 5.82 Å². The van der Waals surface area contributed by atoms with Crippen LogP contribution in [0.2, 0.25) is 0 Å². The molecule has 3 aliphatic heterocycles. The number of fused-ring (bicyclic) bond motifs is 4. The Morgan fingerprint density at radius 2 is 1.77 bits per heavy atom. The fourth-order valence-electron chi connectivity index (χ4n) is 3.68. The van der Waals surface area contributed by atoms with Crippen LogP contribution in [-0.2, 0) is 11.2 Å². The highest BCUT2D eigenvalue weighted by atomic mass is 19.1. The van der Waals surface area contributed by atoms with Crippen LogP contribution in [0.4, 0.5) is 16.0 Å². The Morgan fingerprint density at radius 3 is 2.46 bits per heavy atom. The Balaban J connectivity index is 1.38. The average Bonchev–Trinajstić information content (AvgIpc) is 2.98. The van der Waals surface area contributed by atoms with Crippen LogP contribution in [0.1, 0.15) is 18.4 Å². The van der Waals surface area contributed by atoms with Crippen LogP contribution >= 0.6 is 0 Å². The number of benzene rings is 1. The summed E-state index contributed by atoms with van der Waals surface area (Å²) in [5.74, 6) is 0.251. The van der Waals surface area contributed by atoms with Gasteiger partial charge in [-0.1, -0.05) is 12.1 Å². The van der Waals surface area contributed by atoms with Crippen LogP contribution in [-0.4, -0.2) is 53.0 Å². The standard InChI is InChI=1S/C19H22FN5O/c20-15-3-1-14(2-4-15)11-18(26)23-16-12-21-19(22-13-16)25-10-9-24-7-5-17(25)6-8-24/h1-4,12-13,17H,5-11H2,(H,23,26). The number of hydrogen-bond acceptors (Lipinski definition) is 5. The number of hydrogen-bond donors (Lipinski definition) is 1. The molecule has 26 heavy (non-hydrogen) atoms. The van der Waals surface area contributed by atoms with Gasteiger partial charge in [0.1, 0.15) is 5.82 Å². The normalized spacial score (nSPS) is 22.1. The van der Waals surface area contributed by atoms with Gasteiger partial charge in [-0.05, 0) is 30.5 Å². The number of carbonyl (C=O) groups excluding carboxylic acids is 1. The summed E-state index contributed by atoms with van der Waals surface area (Å²) in [5, 5.41) is 2.80. The Morgan fingerprint density at radius 1 is 1.08 bits per heavy atom. The lowest BCUT2D eigenvalue weighted by Crippen LogP contribution is -2.38. The zero-order valence-electron chi connectivity index (χ0n) is 14.6. The fraction of sp³-hybridized carbons (Fsp3) is 0.421. The van der Waals surface area contributed by atoms with Crippen molar-refractivity contribution < 1.29 is 9.18 Å². The number of aromatic nitrogens is 2. The highest BCUT2D eigenvalue weighted by Crippen LogP contribution is 2.24. The minimum Gasteiger partial charge on any atom is -0.336 e. The maximum atomic E-state index is 12.9. The van der Waals surface area contributed by atoms with Crippen molar-refractivity contribution in [2.24, 2.45) is 0 Å². The van der Waals surface area contributed by atoms with Crippen LogP contribution in [0.5, 0.6) is 0 Å². The zero-order chi connectivity index (χ0) is 17.9. The quantitative estimate of drug-likeness (QED) is 0.910. The lowest BCUT2D eigenvalue weighted by atomic mass is 10.1. The number of anilines is 2. The number of carbonyl (C=O) groups is 1. The smallest absolute Gasteiger partial charge is 0.228 e. The Hall–Kier alpha value is -2.54. The molecular weight excluding hydrogens is 333 g/mol. The molecule has 3 fully saturated rings. The Labute approximate surface area is 152 Å². The maximum Gasteiger partial charge on any atom is 0.228 e. The van der Waals surface area contributed by atoms with Crippen molar-refractivity contribution in [3.63, 3.8) is 0 Å². The molecule has 0 spiro atoms. The predicted octanol–water partition coefficient (Wildman–Crippen LogP) is 2.08. The molecule has 5 rings (SSSR count).